The predicted molar refractivity (Wildman–Crippen MR) is 306 cm³/mol. The van der Waals surface area contributed by atoms with E-state index in [2.05, 4.69) is 160 Å². The number of esters is 2. The van der Waals surface area contributed by atoms with Crippen LogP contribution in [0.4, 0.5) is 0 Å². The fraction of sp³-hybridized carbons (Fsp3) is 0.600. The zero-order valence-corrected chi connectivity index (χ0v) is 45.0. The highest BCUT2D eigenvalue weighted by Crippen LogP contribution is 2.15. The Morgan fingerprint density at radius 1 is 0.329 bits per heavy atom. The van der Waals surface area contributed by atoms with Crippen LogP contribution < -0.4 is 0 Å². The standard InChI is InChI=1S/C65H104O5/c1-3-5-7-9-11-13-15-17-19-21-23-24-25-26-27-28-29-30-31-32-33-34-35-36-37-38-39-40-42-44-46-48-50-52-54-56-58-60-65(68)70-63(61-66)62-69-64(67)59-57-55-53-51-49-47-45-43-41-22-20-18-16-14-12-10-8-6-4-2/h5-8,11-14,17-20,23-24,26-27,29-30,32-33,35-36,41,43,63,66H,3-4,9-10,15-16,21-22,25,28,31,34,37-40,42,44-62H2,1-2H3/b7-5-,8-6-,13-11-,14-12-,19-17-,20-18-,24-23-,27-26-,30-29-,33-32-,36-35-,43-41-. The fourth-order valence-corrected chi connectivity index (χ4v) is 7.44. The molecule has 1 atom stereocenters. The molecule has 1 unspecified atom stereocenters. The lowest BCUT2D eigenvalue weighted by atomic mass is 10.0. The summed E-state index contributed by atoms with van der Waals surface area (Å²) in [6.45, 7) is 3.89. The van der Waals surface area contributed by atoms with E-state index in [9.17, 15) is 14.7 Å². The average molecular weight is 966 g/mol. The molecule has 0 bridgehead atoms. The fourth-order valence-electron chi connectivity index (χ4n) is 7.44. The Morgan fingerprint density at radius 2 is 0.571 bits per heavy atom. The molecule has 0 saturated heterocycles. The number of unbranched alkanes of at least 4 members (excludes halogenated alkanes) is 18. The molecule has 0 aromatic carbocycles. The first-order valence-electron chi connectivity index (χ1n) is 28.4. The molecule has 0 fully saturated rings. The van der Waals surface area contributed by atoms with E-state index >= 15 is 0 Å². The number of ether oxygens (including phenoxy) is 2. The highest BCUT2D eigenvalue weighted by molar-refractivity contribution is 5.70. The lowest BCUT2D eigenvalue weighted by molar-refractivity contribution is -0.161. The quantitative estimate of drug-likeness (QED) is 0.0374. The van der Waals surface area contributed by atoms with Gasteiger partial charge < -0.3 is 14.6 Å². The van der Waals surface area contributed by atoms with Crippen LogP contribution in [0.1, 0.15) is 232 Å². The number of hydrogen-bond donors (Lipinski definition) is 1. The van der Waals surface area contributed by atoms with Crippen LogP contribution in [0.5, 0.6) is 0 Å². The molecule has 0 aliphatic heterocycles. The van der Waals surface area contributed by atoms with Gasteiger partial charge in [-0.2, -0.15) is 0 Å². The minimum atomic E-state index is -0.790. The molecule has 0 saturated carbocycles. The molecular weight excluding hydrogens is 861 g/mol. The molecule has 5 heteroatoms. The van der Waals surface area contributed by atoms with Crippen molar-refractivity contribution < 1.29 is 24.2 Å². The van der Waals surface area contributed by atoms with Crippen LogP contribution in [0.2, 0.25) is 0 Å². The molecule has 0 heterocycles. The Kier molecular flexibility index (Phi) is 55.5. The minimum Gasteiger partial charge on any atom is -0.462 e. The van der Waals surface area contributed by atoms with E-state index in [0.717, 1.165) is 122 Å². The smallest absolute Gasteiger partial charge is 0.306 e. The maximum atomic E-state index is 12.3. The van der Waals surface area contributed by atoms with Gasteiger partial charge in [-0.3, -0.25) is 9.59 Å². The van der Waals surface area contributed by atoms with Crippen LogP contribution >= 0.6 is 0 Å². The van der Waals surface area contributed by atoms with Crippen molar-refractivity contribution in [2.24, 2.45) is 0 Å². The van der Waals surface area contributed by atoms with Crippen LogP contribution in [0.25, 0.3) is 0 Å². The van der Waals surface area contributed by atoms with Crippen LogP contribution in [-0.2, 0) is 19.1 Å². The number of hydrogen-bond acceptors (Lipinski definition) is 5. The summed E-state index contributed by atoms with van der Waals surface area (Å²) in [4.78, 5) is 24.5. The van der Waals surface area contributed by atoms with Crippen molar-refractivity contribution in [1.82, 2.24) is 0 Å². The van der Waals surface area contributed by atoms with E-state index in [1.165, 1.54) is 83.5 Å². The number of aliphatic hydroxyl groups is 1. The lowest BCUT2D eigenvalue weighted by Crippen LogP contribution is -2.28. The summed E-state index contributed by atoms with van der Waals surface area (Å²) in [6, 6.07) is 0. The molecule has 0 rings (SSSR count). The van der Waals surface area contributed by atoms with Crippen molar-refractivity contribution in [2.75, 3.05) is 13.2 Å². The Balaban J connectivity index is 3.57. The number of allylic oxidation sites excluding steroid dienone is 24. The van der Waals surface area contributed by atoms with Crippen LogP contribution in [0.3, 0.4) is 0 Å². The van der Waals surface area contributed by atoms with Crippen LogP contribution in [-0.4, -0.2) is 36.4 Å². The van der Waals surface area contributed by atoms with E-state index < -0.39 is 6.10 Å². The normalized spacial score (nSPS) is 13.4. The van der Waals surface area contributed by atoms with Gasteiger partial charge >= 0.3 is 11.9 Å². The Bertz CT molecular complexity index is 1510. The van der Waals surface area contributed by atoms with E-state index in [0.29, 0.717) is 12.8 Å². The molecule has 1 N–H and O–H groups in total. The average Bonchev–Trinajstić information content (AvgIpc) is 3.36. The molecule has 0 radical (unpaired) electrons. The molecule has 394 valence electrons. The first kappa shape index (κ1) is 65.8. The summed E-state index contributed by atoms with van der Waals surface area (Å²) in [5.41, 5.74) is 0. The van der Waals surface area contributed by atoms with Gasteiger partial charge in [-0.25, -0.2) is 0 Å². The van der Waals surface area contributed by atoms with Crippen molar-refractivity contribution in [3.8, 4) is 0 Å². The third kappa shape index (κ3) is 56.4. The molecule has 0 aromatic rings. The number of rotatable bonds is 50. The van der Waals surface area contributed by atoms with Crippen molar-refractivity contribution in [3.63, 3.8) is 0 Å². The molecule has 70 heavy (non-hydrogen) atoms. The highest BCUT2D eigenvalue weighted by Gasteiger charge is 2.16. The van der Waals surface area contributed by atoms with Gasteiger partial charge in [0.15, 0.2) is 6.10 Å². The van der Waals surface area contributed by atoms with Gasteiger partial charge in [-0.1, -0.05) is 250 Å². The van der Waals surface area contributed by atoms with Crippen LogP contribution in [0.15, 0.2) is 146 Å². The van der Waals surface area contributed by atoms with Crippen molar-refractivity contribution in [2.45, 2.75) is 238 Å². The number of aliphatic hydroxyl groups excluding tert-OH is 1. The van der Waals surface area contributed by atoms with E-state index in [4.69, 9.17) is 9.47 Å². The Labute approximate surface area is 431 Å². The predicted octanol–water partition coefficient (Wildman–Crippen LogP) is 19.4. The summed E-state index contributed by atoms with van der Waals surface area (Å²) >= 11 is 0. The van der Waals surface area contributed by atoms with Gasteiger partial charge in [0.1, 0.15) is 6.61 Å². The monoisotopic (exact) mass is 965 g/mol. The van der Waals surface area contributed by atoms with Gasteiger partial charge in [-0.05, 0) is 116 Å². The van der Waals surface area contributed by atoms with E-state index in [-0.39, 0.29) is 25.2 Å². The largest absolute Gasteiger partial charge is 0.462 e. The topological polar surface area (TPSA) is 72.8 Å². The second kappa shape index (κ2) is 59.1. The minimum absolute atomic E-state index is 0.0819. The third-order valence-corrected chi connectivity index (χ3v) is 11.6. The molecular formula is C65H104O5. The van der Waals surface area contributed by atoms with Crippen molar-refractivity contribution >= 4 is 11.9 Å². The van der Waals surface area contributed by atoms with Crippen molar-refractivity contribution in [1.29, 1.82) is 0 Å². The summed E-state index contributed by atoms with van der Waals surface area (Å²) < 4.78 is 10.7. The molecule has 0 aromatic heterocycles. The third-order valence-electron chi connectivity index (χ3n) is 11.6. The summed E-state index contributed by atoms with van der Waals surface area (Å²) in [5.74, 6) is -0.616. The van der Waals surface area contributed by atoms with E-state index in [1.807, 2.05) is 0 Å². The summed E-state index contributed by atoms with van der Waals surface area (Å²) in [5, 5.41) is 9.65. The van der Waals surface area contributed by atoms with Gasteiger partial charge in [0.05, 0.1) is 6.61 Å². The maximum Gasteiger partial charge on any atom is 0.306 e. The van der Waals surface area contributed by atoms with Gasteiger partial charge in [0.2, 0.25) is 0 Å². The molecule has 0 aliphatic carbocycles. The number of carbonyl (C=O) groups is 2. The summed E-state index contributed by atoms with van der Waals surface area (Å²) in [7, 11) is 0. The summed E-state index contributed by atoms with van der Waals surface area (Å²) in [6.07, 6.45) is 89.6. The zero-order chi connectivity index (χ0) is 50.6. The maximum absolute atomic E-state index is 12.3. The van der Waals surface area contributed by atoms with Crippen molar-refractivity contribution in [3.05, 3.63) is 146 Å². The van der Waals surface area contributed by atoms with Gasteiger partial charge in [-0.15, -0.1) is 0 Å². The molecule has 0 aliphatic rings. The van der Waals surface area contributed by atoms with Gasteiger partial charge in [0.25, 0.3) is 0 Å². The number of carbonyl (C=O) groups excluding carboxylic acids is 2. The zero-order valence-electron chi connectivity index (χ0n) is 45.0. The second-order valence-electron chi connectivity index (χ2n) is 18.2. The second-order valence-corrected chi connectivity index (χ2v) is 18.2. The van der Waals surface area contributed by atoms with Gasteiger partial charge in [0, 0.05) is 12.8 Å². The molecule has 5 nitrogen and oxygen atoms in total. The highest BCUT2D eigenvalue weighted by atomic mass is 16.6. The molecule has 0 amide bonds. The SMILES string of the molecule is CC/C=C\C/C=C\C/C=C\C/C=C\C/C=C\C/C=C\C/C=C\C/C=C\CCCCCCCCCCCCCCC(=O)OC(CO)COC(=O)CCCCCCCC/C=C\C/C=C\C/C=C\C/C=C\CC. The molecule has 0 spiro atoms. The first-order chi connectivity index (χ1) is 34.6. The Hall–Kier alpha value is -4.22. The van der Waals surface area contributed by atoms with E-state index in [1.54, 1.807) is 0 Å². The lowest BCUT2D eigenvalue weighted by Gasteiger charge is -2.15. The first-order valence-corrected chi connectivity index (χ1v) is 28.4. The Morgan fingerprint density at radius 3 is 0.857 bits per heavy atom. The van der Waals surface area contributed by atoms with Crippen LogP contribution in [0, 0.1) is 0 Å².